The van der Waals surface area contributed by atoms with Gasteiger partial charge in [-0.3, -0.25) is 4.57 Å². The molecule has 218 valence electrons. The molecule has 4 heterocycles. The number of phenols is 1. The Kier molecular flexibility index (Phi) is 6.22. The summed E-state index contributed by atoms with van der Waals surface area (Å²) >= 11 is 6.81. The lowest BCUT2D eigenvalue weighted by Gasteiger charge is -2.37. The molecule has 1 N–H and O–H groups in total. The molecule has 5 nitrogen and oxygen atoms in total. The number of benzene rings is 4. The number of phenolic OH excluding ortho intramolecular Hbond substituents is 1. The number of fused-ring (bicyclic) bond motifs is 2. The molecule has 0 radical (unpaired) electrons. The van der Waals surface area contributed by atoms with Gasteiger partial charge in [0.2, 0.25) is 0 Å². The van der Waals surface area contributed by atoms with Crippen molar-refractivity contribution in [3.63, 3.8) is 0 Å². The molecule has 4 aromatic carbocycles. The third kappa shape index (κ3) is 4.21. The molecule has 0 atom stereocenters. The Morgan fingerprint density at radius 2 is 1.24 bits per heavy atom. The van der Waals surface area contributed by atoms with Gasteiger partial charge in [-0.15, -0.1) is 0 Å². The molecular formula is C36H24BClF2N4O. The van der Waals surface area contributed by atoms with Gasteiger partial charge >= 0.3 is 6.97 Å². The second kappa shape index (κ2) is 10.3. The number of para-hydroxylation sites is 1. The van der Waals surface area contributed by atoms with Gasteiger partial charge in [0.05, 0.1) is 33.4 Å². The standard InChI is InChI=1S/C36H24BClF2N4O/c38-26-22-28(32-30-18-10-20-42(30)37(39,40)43-21-11-19-31(32)43)35(45)29(23-26)36-41-33(24-12-4-1-5-13-24)34(25-14-6-2-7-15-25)44(36)27-16-8-3-9-17-27/h1-23,45H. The van der Waals surface area contributed by atoms with Crippen molar-refractivity contribution in [3.8, 4) is 45.3 Å². The summed E-state index contributed by atoms with van der Waals surface area (Å²) in [7, 11) is 0. The molecule has 0 bridgehead atoms. The Balaban J connectivity index is 1.43. The number of aromatic nitrogens is 4. The number of halogens is 3. The van der Waals surface area contributed by atoms with Crippen molar-refractivity contribution >= 4 is 18.6 Å². The van der Waals surface area contributed by atoms with Crippen LogP contribution in [0.25, 0.3) is 39.6 Å². The Morgan fingerprint density at radius 3 is 1.84 bits per heavy atom. The first-order chi connectivity index (χ1) is 21.9. The van der Waals surface area contributed by atoms with Crippen LogP contribution in [-0.2, 0) is 0 Å². The van der Waals surface area contributed by atoms with Gasteiger partial charge in [0.25, 0.3) is 0 Å². The van der Waals surface area contributed by atoms with Crippen molar-refractivity contribution in [1.29, 1.82) is 0 Å². The van der Waals surface area contributed by atoms with Crippen LogP contribution >= 0.6 is 11.6 Å². The predicted octanol–water partition coefficient (Wildman–Crippen LogP) is 8.94. The summed E-state index contributed by atoms with van der Waals surface area (Å²) in [5.41, 5.74) is 5.49. The molecule has 7 aromatic rings. The predicted molar refractivity (Wildman–Crippen MR) is 175 cm³/mol. The fourth-order valence-electron chi connectivity index (χ4n) is 6.34. The van der Waals surface area contributed by atoms with Gasteiger partial charge in [0.15, 0.2) is 11.6 Å². The van der Waals surface area contributed by atoms with E-state index < -0.39 is 6.97 Å². The van der Waals surface area contributed by atoms with Crippen molar-refractivity contribution < 1.29 is 13.7 Å². The Labute approximate surface area is 263 Å². The Morgan fingerprint density at radius 1 is 0.689 bits per heavy atom. The molecule has 0 amide bonds. The van der Waals surface area contributed by atoms with E-state index >= 15 is 8.63 Å². The highest BCUT2D eigenvalue weighted by atomic mass is 35.5. The topological polar surface area (TPSA) is 47.9 Å². The van der Waals surface area contributed by atoms with Crippen LogP contribution in [0.2, 0.25) is 5.02 Å². The van der Waals surface area contributed by atoms with Crippen LogP contribution < -0.4 is 0 Å². The lowest BCUT2D eigenvalue weighted by Crippen LogP contribution is -2.48. The van der Waals surface area contributed by atoms with Gasteiger partial charge in [-0.25, -0.2) is 4.98 Å². The summed E-state index contributed by atoms with van der Waals surface area (Å²) < 4.78 is 35.1. The highest BCUT2D eigenvalue weighted by molar-refractivity contribution is 6.63. The summed E-state index contributed by atoms with van der Waals surface area (Å²) in [5, 5.41) is 12.5. The number of rotatable bonds is 5. The molecule has 0 saturated carbocycles. The van der Waals surface area contributed by atoms with E-state index in [2.05, 4.69) is 0 Å². The van der Waals surface area contributed by atoms with Crippen LogP contribution in [0, 0.1) is 5.92 Å². The summed E-state index contributed by atoms with van der Waals surface area (Å²) in [6, 6.07) is 39.3. The third-order valence-electron chi connectivity index (χ3n) is 8.31. The first-order valence-electron chi connectivity index (χ1n) is 14.5. The molecule has 8 rings (SSSR count). The highest BCUT2D eigenvalue weighted by Crippen LogP contribution is 2.48. The van der Waals surface area contributed by atoms with E-state index in [0.717, 1.165) is 37.2 Å². The second-order valence-corrected chi connectivity index (χ2v) is 11.4. The summed E-state index contributed by atoms with van der Waals surface area (Å²) in [6.07, 6.45) is 2.72. The van der Waals surface area contributed by atoms with Crippen LogP contribution in [-0.4, -0.2) is 30.6 Å². The molecule has 9 heteroatoms. The average Bonchev–Trinajstić information content (AvgIpc) is 3.84. The molecule has 1 aliphatic heterocycles. The molecule has 0 fully saturated rings. The van der Waals surface area contributed by atoms with Gasteiger partial charge in [-0.05, 0) is 42.7 Å². The van der Waals surface area contributed by atoms with Crippen LogP contribution in [0.3, 0.4) is 0 Å². The number of hydrogen-bond donors (Lipinski definition) is 1. The molecule has 45 heavy (non-hydrogen) atoms. The van der Waals surface area contributed by atoms with E-state index in [0.29, 0.717) is 27.9 Å². The van der Waals surface area contributed by atoms with Gasteiger partial charge in [0.1, 0.15) is 11.5 Å². The molecule has 0 saturated heterocycles. The monoisotopic (exact) mass is 612 g/mol. The minimum absolute atomic E-state index is 0.117. The lowest BCUT2D eigenvalue weighted by molar-refractivity contribution is 0.470. The number of aromatic hydroxyl groups is 1. The minimum Gasteiger partial charge on any atom is -0.471 e. The maximum atomic E-state index is 15.6. The van der Waals surface area contributed by atoms with Gasteiger partial charge in [-0.2, -0.15) is 0 Å². The second-order valence-electron chi connectivity index (χ2n) is 10.9. The van der Waals surface area contributed by atoms with Crippen molar-refractivity contribution in [1.82, 2.24) is 18.5 Å². The van der Waals surface area contributed by atoms with Crippen LogP contribution in [0.1, 0.15) is 17.0 Å². The lowest BCUT2D eigenvalue weighted by atomic mass is 9.82. The summed E-state index contributed by atoms with van der Waals surface area (Å²) in [6.45, 7) is -4.10. The zero-order chi connectivity index (χ0) is 30.7. The first-order valence-corrected chi connectivity index (χ1v) is 14.9. The van der Waals surface area contributed by atoms with E-state index in [1.165, 1.54) is 12.4 Å². The van der Waals surface area contributed by atoms with Crippen molar-refractivity contribution in [2.45, 2.75) is 0 Å². The quantitative estimate of drug-likeness (QED) is 0.156. The van der Waals surface area contributed by atoms with Crippen molar-refractivity contribution in [2.75, 3.05) is 0 Å². The average molecular weight is 613 g/mol. The number of nitrogens with zero attached hydrogens (tertiary/aromatic N) is 4. The van der Waals surface area contributed by atoms with Crippen molar-refractivity contribution in [2.24, 2.45) is 0 Å². The molecule has 3 aromatic heterocycles. The fourth-order valence-corrected chi connectivity index (χ4v) is 6.56. The molecule has 1 aliphatic rings. The van der Waals surface area contributed by atoms with E-state index in [9.17, 15) is 5.11 Å². The highest BCUT2D eigenvalue weighted by Gasteiger charge is 2.45. The van der Waals surface area contributed by atoms with Gasteiger partial charge in [-0.1, -0.05) is 90.5 Å². The molecule has 0 aliphatic carbocycles. The minimum atomic E-state index is -4.10. The Bertz CT molecular complexity index is 2130. The van der Waals surface area contributed by atoms with Crippen LogP contribution in [0.4, 0.5) is 8.63 Å². The maximum Gasteiger partial charge on any atom is 0.534 e. The summed E-state index contributed by atoms with van der Waals surface area (Å²) in [4.78, 5) is 5.19. The first kappa shape index (κ1) is 27.1. The van der Waals surface area contributed by atoms with Crippen molar-refractivity contribution in [3.05, 3.63) is 168 Å². The summed E-state index contributed by atoms with van der Waals surface area (Å²) in [5.74, 6) is 0.786. The fraction of sp³-hybridized carbons (Fsp3) is 0. The normalized spacial score (nSPS) is 13.4. The smallest absolute Gasteiger partial charge is 0.471 e. The largest absolute Gasteiger partial charge is 0.534 e. The van der Waals surface area contributed by atoms with Crippen LogP contribution in [0.5, 0.6) is 5.75 Å². The van der Waals surface area contributed by atoms with Gasteiger partial charge in [0, 0.05) is 35.0 Å². The van der Waals surface area contributed by atoms with Crippen LogP contribution in [0.15, 0.2) is 140 Å². The SMILES string of the molecule is Oc1c(-c2nc(-c3ccccc3)c(-c3ccccc3)n2-c2ccccc2)cc(Cl)cc1[C+]1c2cccn2[B-](F)(F)n2cccc21. The van der Waals surface area contributed by atoms with E-state index in [1.54, 1.807) is 36.4 Å². The van der Waals surface area contributed by atoms with E-state index in [1.807, 2.05) is 95.6 Å². The maximum absolute atomic E-state index is 15.6. The molecular weight excluding hydrogens is 589 g/mol. The van der Waals surface area contributed by atoms with E-state index in [-0.39, 0.29) is 17.1 Å². The third-order valence-corrected chi connectivity index (χ3v) is 8.53. The van der Waals surface area contributed by atoms with E-state index in [4.69, 9.17) is 16.6 Å². The molecule has 0 unspecified atom stereocenters. The molecule has 0 spiro atoms. The zero-order valence-corrected chi connectivity index (χ0v) is 24.5. The van der Waals surface area contributed by atoms with Gasteiger partial charge < -0.3 is 22.7 Å². The number of hydrogen-bond acceptors (Lipinski definition) is 2. The Hall–Kier alpha value is -5.47. The zero-order valence-electron chi connectivity index (χ0n) is 23.7. The number of imidazole rings is 1.